The van der Waals surface area contributed by atoms with Gasteiger partial charge in [-0.1, -0.05) is 32.4 Å². The zero-order valence-corrected chi connectivity index (χ0v) is 14.0. The van der Waals surface area contributed by atoms with Crippen LogP contribution in [0.15, 0.2) is 24.3 Å². The Morgan fingerprint density at radius 2 is 1.77 bits per heavy atom. The third-order valence-electron chi connectivity index (χ3n) is 3.37. The maximum absolute atomic E-state index is 12.2. The predicted molar refractivity (Wildman–Crippen MR) is 88.8 cm³/mol. The highest BCUT2D eigenvalue weighted by Crippen LogP contribution is 2.10. The van der Waals surface area contributed by atoms with Gasteiger partial charge in [0.1, 0.15) is 6.04 Å². The average Bonchev–Trinajstić information content (AvgIpc) is 2.49. The molecule has 1 aromatic rings. The molecule has 2 amide bonds. The number of rotatable bonds is 7. The summed E-state index contributed by atoms with van der Waals surface area (Å²) in [6.07, 6.45) is 0. The monoisotopic (exact) mass is 325 g/mol. The summed E-state index contributed by atoms with van der Waals surface area (Å²) in [6.45, 7) is 6.73. The summed E-state index contributed by atoms with van der Waals surface area (Å²) in [5.74, 6) is -0.317. The molecule has 0 aromatic heterocycles. The molecule has 0 aliphatic carbocycles. The van der Waals surface area contributed by atoms with Crippen LogP contribution in [0.5, 0.6) is 0 Å². The van der Waals surface area contributed by atoms with Gasteiger partial charge in [-0.25, -0.2) is 0 Å². The minimum absolute atomic E-state index is 0.0237. The van der Waals surface area contributed by atoms with Gasteiger partial charge in [0.25, 0.3) is 5.91 Å². The first kappa shape index (κ1) is 18.5. The summed E-state index contributed by atoms with van der Waals surface area (Å²) >= 11 is 5.80. The molecule has 0 saturated carbocycles. The fourth-order valence-electron chi connectivity index (χ4n) is 1.83. The van der Waals surface area contributed by atoms with Crippen LogP contribution in [0.1, 0.15) is 31.1 Å². The summed E-state index contributed by atoms with van der Waals surface area (Å²) in [5, 5.41) is 6.15. The third-order valence-corrected chi connectivity index (χ3v) is 3.62. The number of nitrogens with two attached hydrogens (primary N) is 1. The van der Waals surface area contributed by atoms with Crippen molar-refractivity contribution in [2.24, 2.45) is 17.6 Å². The van der Waals surface area contributed by atoms with Crippen molar-refractivity contribution >= 4 is 23.4 Å². The van der Waals surface area contributed by atoms with Gasteiger partial charge < -0.3 is 16.4 Å². The molecule has 2 atom stereocenters. The molecular formula is C16H24ClN3O2. The number of amides is 2. The highest BCUT2D eigenvalue weighted by atomic mass is 35.5. The summed E-state index contributed by atoms with van der Waals surface area (Å²) in [4.78, 5) is 24.5. The van der Waals surface area contributed by atoms with Crippen molar-refractivity contribution in [3.05, 3.63) is 34.9 Å². The normalized spacial score (nSPS) is 13.5. The second kappa shape index (κ2) is 8.76. The number of halogens is 1. The summed E-state index contributed by atoms with van der Waals surface area (Å²) in [5.41, 5.74) is 6.00. The molecular weight excluding hydrogens is 302 g/mol. The maximum Gasteiger partial charge on any atom is 0.251 e. The minimum Gasteiger partial charge on any atom is -0.354 e. The molecule has 6 heteroatoms. The Balaban J connectivity index is 2.69. The van der Waals surface area contributed by atoms with Gasteiger partial charge in [0.15, 0.2) is 0 Å². The predicted octanol–water partition coefficient (Wildman–Crippen LogP) is 1.81. The number of benzene rings is 1. The van der Waals surface area contributed by atoms with Crippen molar-refractivity contribution in [3.63, 3.8) is 0 Å². The van der Waals surface area contributed by atoms with Gasteiger partial charge in [0.2, 0.25) is 5.91 Å². The highest BCUT2D eigenvalue weighted by molar-refractivity contribution is 6.30. The lowest BCUT2D eigenvalue weighted by atomic mass is 10.0. The quantitative estimate of drug-likeness (QED) is 0.714. The van der Waals surface area contributed by atoms with E-state index in [0.29, 0.717) is 23.7 Å². The number of nitrogens with one attached hydrogen (secondary N) is 2. The van der Waals surface area contributed by atoms with Crippen LogP contribution in [-0.2, 0) is 4.79 Å². The molecule has 0 heterocycles. The molecule has 22 heavy (non-hydrogen) atoms. The van der Waals surface area contributed by atoms with Gasteiger partial charge in [-0.05, 0) is 42.6 Å². The van der Waals surface area contributed by atoms with Crippen molar-refractivity contribution in [2.75, 3.05) is 13.1 Å². The van der Waals surface area contributed by atoms with Crippen molar-refractivity contribution in [3.8, 4) is 0 Å². The Labute approximate surface area is 136 Å². The number of hydrogen-bond donors (Lipinski definition) is 3. The highest BCUT2D eigenvalue weighted by Gasteiger charge is 2.24. The van der Waals surface area contributed by atoms with Crippen molar-refractivity contribution < 1.29 is 9.59 Å². The molecule has 0 fully saturated rings. The lowest BCUT2D eigenvalue weighted by Crippen LogP contribution is -2.50. The van der Waals surface area contributed by atoms with E-state index in [0.717, 1.165) is 0 Å². The summed E-state index contributed by atoms with van der Waals surface area (Å²) in [7, 11) is 0. The topological polar surface area (TPSA) is 84.2 Å². The molecule has 0 spiro atoms. The molecule has 4 N–H and O–H groups in total. The molecule has 0 aliphatic heterocycles. The van der Waals surface area contributed by atoms with Crippen molar-refractivity contribution in [1.82, 2.24) is 10.6 Å². The first-order valence-electron chi connectivity index (χ1n) is 7.39. The van der Waals surface area contributed by atoms with Gasteiger partial charge in [0.05, 0.1) is 0 Å². The zero-order valence-electron chi connectivity index (χ0n) is 13.2. The summed E-state index contributed by atoms with van der Waals surface area (Å²) < 4.78 is 0. The SMILES string of the molecule is CC(CN)CNC(=O)C(NC(=O)c1ccc(Cl)cc1)C(C)C. The Hall–Kier alpha value is -1.59. The van der Waals surface area contributed by atoms with Crippen LogP contribution in [0.3, 0.4) is 0 Å². The van der Waals surface area contributed by atoms with Crippen LogP contribution in [0.2, 0.25) is 5.02 Å². The van der Waals surface area contributed by atoms with Crippen LogP contribution < -0.4 is 16.4 Å². The number of carbonyl (C=O) groups is 2. The van der Waals surface area contributed by atoms with E-state index in [1.807, 2.05) is 20.8 Å². The third kappa shape index (κ3) is 5.66. The van der Waals surface area contributed by atoms with Gasteiger partial charge >= 0.3 is 0 Å². The van der Waals surface area contributed by atoms with Crippen molar-refractivity contribution in [2.45, 2.75) is 26.8 Å². The van der Waals surface area contributed by atoms with Crippen LogP contribution in [0, 0.1) is 11.8 Å². The van der Waals surface area contributed by atoms with E-state index in [2.05, 4.69) is 10.6 Å². The van der Waals surface area contributed by atoms with Gasteiger partial charge in [-0.15, -0.1) is 0 Å². The van der Waals surface area contributed by atoms with E-state index in [1.165, 1.54) is 0 Å². The molecule has 2 unspecified atom stereocenters. The molecule has 122 valence electrons. The maximum atomic E-state index is 12.2. The van der Waals surface area contributed by atoms with E-state index in [-0.39, 0.29) is 23.7 Å². The lowest BCUT2D eigenvalue weighted by molar-refractivity contribution is -0.124. The van der Waals surface area contributed by atoms with E-state index in [9.17, 15) is 9.59 Å². The van der Waals surface area contributed by atoms with Gasteiger partial charge in [0, 0.05) is 17.1 Å². The molecule has 0 saturated heterocycles. The lowest BCUT2D eigenvalue weighted by Gasteiger charge is -2.22. The second-order valence-corrected chi connectivity index (χ2v) is 6.22. The van der Waals surface area contributed by atoms with Crippen LogP contribution >= 0.6 is 11.6 Å². The first-order valence-corrected chi connectivity index (χ1v) is 7.77. The smallest absolute Gasteiger partial charge is 0.251 e. The fourth-order valence-corrected chi connectivity index (χ4v) is 1.95. The van der Waals surface area contributed by atoms with Gasteiger partial charge in [-0.3, -0.25) is 9.59 Å². The van der Waals surface area contributed by atoms with E-state index in [1.54, 1.807) is 24.3 Å². The molecule has 5 nitrogen and oxygen atoms in total. The largest absolute Gasteiger partial charge is 0.354 e. The average molecular weight is 326 g/mol. The van der Waals surface area contributed by atoms with E-state index < -0.39 is 6.04 Å². The molecule has 0 bridgehead atoms. The van der Waals surface area contributed by atoms with Gasteiger partial charge in [-0.2, -0.15) is 0 Å². The Morgan fingerprint density at radius 3 is 2.27 bits per heavy atom. The summed E-state index contributed by atoms with van der Waals surface area (Å²) in [6, 6.07) is 5.95. The van der Waals surface area contributed by atoms with E-state index in [4.69, 9.17) is 17.3 Å². The Morgan fingerprint density at radius 1 is 1.18 bits per heavy atom. The Kier molecular flexibility index (Phi) is 7.35. The van der Waals surface area contributed by atoms with E-state index >= 15 is 0 Å². The fraction of sp³-hybridized carbons (Fsp3) is 0.500. The van der Waals surface area contributed by atoms with Crippen LogP contribution in [0.4, 0.5) is 0 Å². The molecule has 1 rings (SSSR count). The van der Waals surface area contributed by atoms with Crippen LogP contribution in [0.25, 0.3) is 0 Å². The first-order chi connectivity index (χ1) is 10.3. The standard InChI is InChI=1S/C16H24ClN3O2/c1-10(2)14(16(22)19-9-11(3)8-18)20-15(21)12-4-6-13(17)7-5-12/h4-7,10-11,14H,8-9,18H2,1-3H3,(H,19,22)(H,20,21). The minimum atomic E-state index is -0.590. The molecule has 1 aromatic carbocycles. The second-order valence-electron chi connectivity index (χ2n) is 5.79. The molecule has 0 radical (unpaired) electrons. The van der Waals surface area contributed by atoms with Crippen molar-refractivity contribution in [1.29, 1.82) is 0 Å². The van der Waals surface area contributed by atoms with Crippen LogP contribution in [-0.4, -0.2) is 30.9 Å². The zero-order chi connectivity index (χ0) is 16.7. The molecule has 0 aliphatic rings. The Bertz CT molecular complexity index is 503. The number of carbonyl (C=O) groups excluding carboxylic acids is 2. The number of hydrogen-bond acceptors (Lipinski definition) is 3.